The molecule has 0 atom stereocenters. The second-order valence-corrected chi connectivity index (χ2v) is 5.31. The van der Waals surface area contributed by atoms with E-state index in [1.54, 1.807) is 13.0 Å². The molecule has 0 aliphatic carbocycles. The predicted octanol–water partition coefficient (Wildman–Crippen LogP) is 3.68. The number of unbranched alkanes of at least 4 members (excludes halogenated alkanes) is 3. The van der Waals surface area contributed by atoms with Crippen molar-refractivity contribution in [2.24, 2.45) is 0 Å². The van der Waals surface area contributed by atoms with Crippen LogP contribution in [0, 0.1) is 6.92 Å². The number of benzene rings is 1. The quantitative estimate of drug-likeness (QED) is 0.500. The van der Waals surface area contributed by atoms with Crippen molar-refractivity contribution in [3.05, 3.63) is 34.2 Å². The van der Waals surface area contributed by atoms with Gasteiger partial charge in [-0.05, 0) is 25.5 Å². The summed E-state index contributed by atoms with van der Waals surface area (Å²) in [6.07, 6.45) is 4.26. The van der Waals surface area contributed by atoms with Crippen molar-refractivity contribution in [3.63, 3.8) is 0 Å². The zero-order chi connectivity index (χ0) is 16.1. The van der Waals surface area contributed by atoms with Gasteiger partial charge < -0.3 is 14.3 Å². The molecular weight excluding hydrogens is 284 g/mol. The number of fused-ring (bicyclic) bond motifs is 1. The van der Waals surface area contributed by atoms with E-state index in [1.165, 1.54) is 12.1 Å². The molecule has 2 aromatic rings. The summed E-state index contributed by atoms with van der Waals surface area (Å²) in [7, 11) is 0. The van der Waals surface area contributed by atoms with Crippen molar-refractivity contribution < 1.29 is 19.1 Å². The fourth-order valence-corrected chi connectivity index (χ4v) is 2.25. The maximum Gasteiger partial charge on any atom is 0.342 e. The van der Waals surface area contributed by atoms with E-state index in [0.717, 1.165) is 25.7 Å². The Labute approximate surface area is 128 Å². The summed E-state index contributed by atoms with van der Waals surface area (Å²) in [4.78, 5) is 23.8. The molecule has 0 amide bonds. The van der Waals surface area contributed by atoms with Crippen molar-refractivity contribution in [2.75, 3.05) is 0 Å². The van der Waals surface area contributed by atoms with Crippen molar-refractivity contribution >= 4 is 16.9 Å². The molecule has 1 aromatic carbocycles. The highest BCUT2D eigenvalue weighted by Crippen LogP contribution is 2.30. The molecule has 0 spiro atoms. The fourth-order valence-electron chi connectivity index (χ4n) is 2.25. The number of rotatable bonds is 6. The van der Waals surface area contributed by atoms with E-state index in [2.05, 4.69) is 6.92 Å². The summed E-state index contributed by atoms with van der Waals surface area (Å²) in [5.41, 5.74) is -0.128. The van der Waals surface area contributed by atoms with Crippen LogP contribution < -0.4 is 10.4 Å². The van der Waals surface area contributed by atoms with Crippen LogP contribution in [-0.2, 0) is 4.79 Å². The van der Waals surface area contributed by atoms with Crippen LogP contribution in [0.2, 0.25) is 0 Å². The molecule has 0 saturated carbocycles. The molecule has 0 aliphatic rings. The minimum atomic E-state index is -0.577. The Morgan fingerprint density at radius 2 is 2.05 bits per heavy atom. The molecule has 1 aromatic heterocycles. The number of hydrogen-bond donors (Lipinski definition) is 1. The highest BCUT2D eigenvalue weighted by molar-refractivity contribution is 5.88. The SMILES string of the molecule is CCCCCCC(=O)Oc1c(C)c(=O)oc2cc(O)ccc12. The maximum absolute atomic E-state index is 11.9. The molecule has 1 heterocycles. The lowest BCUT2D eigenvalue weighted by Gasteiger charge is -2.09. The summed E-state index contributed by atoms with van der Waals surface area (Å²) < 4.78 is 10.5. The number of phenols is 1. The highest BCUT2D eigenvalue weighted by atomic mass is 16.5. The number of carbonyl (C=O) groups is 1. The van der Waals surface area contributed by atoms with Crippen LogP contribution in [-0.4, -0.2) is 11.1 Å². The molecule has 0 saturated heterocycles. The van der Waals surface area contributed by atoms with Gasteiger partial charge >= 0.3 is 11.6 Å². The van der Waals surface area contributed by atoms with E-state index in [4.69, 9.17) is 9.15 Å². The molecule has 0 aliphatic heterocycles. The van der Waals surface area contributed by atoms with Crippen LogP contribution in [0.15, 0.2) is 27.4 Å². The van der Waals surface area contributed by atoms with Gasteiger partial charge in [-0.2, -0.15) is 0 Å². The van der Waals surface area contributed by atoms with Crippen molar-refractivity contribution in [1.29, 1.82) is 0 Å². The molecular formula is C17H20O5. The molecule has 2 rings (SSSR count). The summed E-state index contributed by atoms with van der Waals surface area (Å²) >= 11 is 0. The van der Waals surface area contributed by atoms with Gasteiger partial charge in [0.2, 0.25) is 0 Å². The van der Waals surface area contributed by atoms with Gasteiger partial charge in [0.05, 0.1) is 10.9 Å². The Morgan fingerprint density at radius 3 is 2.77 bits per heavy atom. The van der Waals surface area contributed by atoms with Crippen LogP contribution in [0.1, 0.15) is 44.6 Å². The van der Waals surface area contributed by atoms with Crippen LogP contribution in [0.3, 0.4) is 0 Å². The molecule has 0 fully saturated rings. The molecule has 5 nitrogen and oxygen atoms in total. The number of aromatic hydroxyl groups is 1. The molecule has 0 radical (unpaired) electrons. The van der Waals surface area contributed by atoms with E-state index in [9.17, 15) is 14.7 Å². The Bertz CT molecular complexity index is 730. The van der Waals surface area contributed by atoms with Gasteiger partial charge in [-0.15, -0.1) is 0 Å². The summed E-state index contributed by atoms with van der Waals surface area (Å²) in [6, 6.07) is 4.36. The lowest BCUT2D eigenvalue weighted by Crippen LogP contribution is -2.13. The topological polar surface area (TPSA) is 76.7 Å². The lowest BCUT2D eigenvalue weighted by atomic mass is 10.1. The highest BCUT2D eigenvalue weighted by Gasteiger charge is 2.16. The first kappa shape index (κ1) is 16.1. The van der Waals surface area contributed by atoms with Crippen molar-refractivity contribution in [1.82, 2.24) is 0 Å². The Hall–Kier alpha value is -2.30. The van der Waals surface area contributed by atoms with Gasteiger partial charge in [-0.3, -0.25) is 4.79 Å². The van der Waals surface area contributed by atoms with Gasteiger partial charge in [0.25, 0.3) is 0 Å². The standard InChI is InChI=1S/C17H20O5/c1-3-4-5-6-7-15(19)22-16-11(2)17(20)21-14-10-12(18)8-9-13(14)16/h8-10,18H,3-7H2,1-2H3. The van der Waals surface area contributed by atoms with E-state index in [-0.39, 0.29) is 28.6 Å². The molecule has 0 unspecified atom stereocenters. The smallest absolute Gasteiger partial charge is 0.342 e. The first-order valence-electron chi connectivity index (χ1n) is 7.50. The molecule has 5 heteroatoms. The average Bonchev–Trinajstić information content (AvgIpc) is 2.48. The van der Waals surface area contributed by atoms with Gasteiger partial charge in [0, 0.05) is 12.5 Å². The van der Waals surface area contributed by atoms with E-state index < -0.39 is 5.63 Å². The third-order valence-corrected chi connectivity index (χ3v) is 3.51. The number of ether oxygens (including phenoxy) is 1. The van der Waals surface area contributed by atoms with E-state index in [1.807, 2.05) is 0 Å². The second-order valence-electron chi connectivity index (χ2n) is 5.31. The monoisotopic (exact) mass is 304 g/mol. The maximum atomic E-state index is 11.9. The minimum absolute atomic E-state index is 0.0173. The lowest BCUT2D eigenvalue weighted by molar-refractivity contribution is -0.134. The van der Waals surface area contributed by atoms with Gasteiger partial charge in [-0.1, -0.05) is 26.2 Å². The fraction of sp³-hybridized carbons (Fsp3) is 0.412. The van der Waals surface area contributed by atoms with Gasteiger partial charge in [0.15, 0.2) is 5.75 Å². The Morgan fingerprint density at radius 1 is 1.27 bits per heavy atom. The van der Waals surface area contributed by atoms with E-state index in [0.29, 0.717) is 11.8 Å². The molecule has 118 valence electrons. The largest absolute Gasteiger partial charge is 0.508 e. The number of hydrogen-bond acceptors (Lipinski definition) is 5. The zero-order valence-corrected chi connectivity index (χ0v) is 12.8. The zero-order valence-electron chi connectivity index (χ0n) is 12.8. The summed E-state index contributed by atoms with van der Waals surface area (Å²) in [5.74, 6) is -0.165. The van der Waals surface area contributed by atoms with Crippen LogP contribution in [0.5, 0.6) is 11.5 Å². The minimum Gasteiger partial charge on any atom is -0.508 e. The first-order valence-corrected chi connectivity index (χ1v) is 7.50. The second kappa shape index (κ2) is 7.11. The molecule has 1 N–H and O–H groups in total. The summed E-state index contributed by atoms with van der Waals surface area (Å²) in [6.45, 7) is 3.66. The predicted molar refractivity (Wildman–Crippen MR) is 83.3 cm³/mol. The third kappa shape index (κ3) is 3.67. The first-order chi connectivity index (χ1) is 10.5. The molecule has 0 bridgehead atoms. The molecule has 22 heavy (non-hydrogen) atoms. The number of phenolic OH excluding ortho intramolecular Hbond substituents is 1. The number of esters is 1. The Kier molecular flexibility index (Phi) is 5.20. The van der Waals surface area contributed by atoms with E-state index >= 15 is 0 Å². The van der Waals surface area contributed by atoms with Crippen molar-refractivity contribution in [2.45, 2.75) is 46.0 Å². The average molecular weight is 304 g/mol. The van der Waals surface area contributed by atoms with Crippen LogP contribution >= 0.6 is 0 Å². The Balaban J connectivity index is 2.24. The van der Waals surface area contributed by atoms with Gasteiger partial charge in [-0.25, -0.2) is 4.79 Å². The van der Waals surface area contributed by atoms with Crippen molar-refractivity contribution in [3.8, 4) is 11.5 Å². The normalized spacial score (nSPS) is 10.8. The van der Waals surface area contributed by atoms with Crippen LogP contribution in [0.4, 0.5) is 0 Å². The van der Waals surface area contributed by atoms with Crippen LogP contribution in [0.25, 0.3) is 11.0 Å². The summed E-state index contributed by atoms with van der Waals surface area (Å²) in [5, 5.41) is 9.96. The van der Waals surface area contributed by atoms with Gasteiger partial charge in [0.1, 0.15) is 11.3 Å². The third-order valence-electron chi connectivity index (χ3n) is 3.51. The number of carbonyl (C=O) groups excluding carboxylic acids is 1.